The molecule has 1 heterocycles. The summed E-state index contributed by atoms with van der Waals surface area (Å²) in [5.74, 6) is -1.07. The zero-order valence-electron chi connectivity index (χ0n) is 11.2. The number of esters is 1. The van der Waals surface area contributed by atoms with Crippen LogP contribution < -0.4 is 0 Å². The Bertz CT molecular complexity index is 483. The van der Waals surface area contributed by atoms with Gasteiger partial charge in [-0.15, -0.1) is 0 Å². The standard InChI is InChI=1S/C12H14Cl3NO3S/c1-4-16-7(3)10(11(18)19-5-2)20-9(16)6-8(17)12(13,14)15/h6H,4-5H2,1-3H3. The average Bonchev–Trinajstić information content (AvgIpc) is 2.64. The molecular formula is C12H14Cl3NO3S. The van der Waals surface area contributed by atoms with Crippen molar-refractivity contribution in [1.82, 2.24) is 4.90 Å². The number of halogens is 3. The van der Waals surface area contributed by atoms with Gasteiger partial charge in [-0.3, -0.25) is 4.79 Å². The minimum atomic E-state index is -2.01. The predicted octanol–water partition coefficient (Wildman–Crippen LogP) is 3.63. The van der Waals surface area contributed by atoms with Crippen LogP contribution >= 0.6 is 46.6 Å². The first-order valence-corrected chi connectivity index (χ1v) is 7.83. The number of hydrogen-bond acceptors (Lipinski definition) is 5. The van der Waals surface area contributed by atoms with Gasteiger partial charge in [0.15, 0.2) is 0 Å². The maximum absolute atomic E-state index is 11.8. The Kier molecular flexibility index (Phi) is 6.25. The molecule has 112 valence electrons. The second kappa shape index (κ2) is 7.07. The topological polar surface area (TPSA) is 46.6 Å². The molecule has 0 unspecified atom stereocenters. The van der Waals surface area contributed by atoms with Gasteiger partial charge in [0.1, 0.15) is 4.91 Å². The number of ketones is 1. The maximum atomic E-state index is 11.8. The van der Waals surface area contributed by atoms with E-state index in [-0.39, 0.29) is 6.61 Å². The maximum Gasteiger partial charge on any atom is 0.346 e. The summed E-state index contributed by atoms with van der Waals surface area (Å²) < 4.78 is 2.97. The number of alkyl halides is 3. The van der Waals surface area contributed by atoms with Crippen molar-refractivity contribution in [2.45, 2.75) is 24.6 Å². The van der Waals surface area contributed by atoms with Crippen LogP contribution in [0.1, 0.15) is 20.8 Å². The van der Waals surface area contributed by atoms with Gasteiger partial charge in [0.25, 0.3) is 3.79 Å². The highest BCUT2D eigenvalue weighted by molar-refractivity contribution is 8.07. The van der Waals surface area contributed by atoms with Gasteiger partial charge >= 0.3 is 5.97 Å². The van der Waals surface area contributed by atoms with E-state index in [4.69, 9.17) is 39.5 Å². The van der Waals surface area contributed by atoms with Crippen LogP contribution in [0.3, 0.4) is 0 Å². The molecule has 4 nitrogen and oxygen atoms in total. The average molecular weight is 359 g/mol. The lowest BCUT2D eigenvalue weighted by Gasteiger charge is -2.19. The van der Waals surface area contributed by atoms with Crippen molar-refractivity contribution < 1.29 is 14.3 Å². The molecule has 1 rings (SSSR count). The van der Waals surface area contributed by atoms with E-state index in [1.165, 1.54) is 6.08 Å². The first kappa shape index (κ1) is 17.7. The molecule has 0 radical (unpaired) electrons. The fraction of sp³-hybridized carbons (Fsp3) is 0.500. The minimum absolute atomic E-state index is 0.286. The first-order valence-electron chi connectivity index (χ1n) is 5.88. The SMILES string of the molecule is CCOC(=O)C1=C(C)N(CC)C(=CC(=O)C(Cl)(Cl)Cl)S1. The van der Waals surface area contributed by atoms with E-state index in [0.29, 0.717) is 16.5 Å². The molecule has 0 atom stereocenters. The number of ether oxygens (including phenoxy) is 1. The Morgan fingerprint density at radius 1 is 1.35 bits per heavy atom. The van der Waals surface area contributed by atoms with E-state index in [0.717, 1.165) is 17.5 Å². The Labute approximate surface area is 137 Å². The Hall–Kier alpha value is -0.360. The van der Waals surface area contributed by atoms with Gasteiger partial charge in [-0.25, -0.2) is 4.79 Å². The van der Waals surface area contributed by atoms with E-state index in [9.17, 15) is 9.59 Å². The highest BCUT2D eigenvalue weighted by atomic mass is 35.6. The number of rotatable bonds is 4. The Morgan fingerprint density at radius 2 is 1.95 bits per heavy atom. The van der Waals surface area contributed by atoms with Crippen molar-refractivity contribution >= 4 is 58.3 Å². The summed E-state index contributed by atoms with van der Waals surface area (Å²) >= 11 is 17.8. The van der Waals surface area contributed by atoms with Gasteiger partial charge in [0.05, 0.1) is 11.6 Å². The zero-order chi connectivity index (χ0) is 15.5. The largest absolute Gasteiger partial charge is 0.462 e. The van der Waals surface area contributed by atoms with Crippen LogP contribution in [-0.4, -0.2) is 33.6 Å². The van der Waals surface area contributed by atoms with Crippen molar-refractivity contribution in [2.75, 3.05) is 13.2 Å². The second-order valence-electron chi connectivity index (χ2n) is 3.83. The van der Waals surface area contributed by atoms with Gasteiger partial charge < -0.3 is 9.64 Å². The molecule has 0 aliphatic carbocycles. The summed E-state index contributed by atoms with van der Waals surface area (Å²) in [5.41, 5.74) is 0.722. The molecule has 1 aliphatic rings. The lowest BCUT2D eigenvalue weighted by molar-refractivity contribution is -0.137. The number of carbonyl (C=O) groups is 2. The number of thioether (sulfide) groups is 1. The van der Waals surface area contributed by atoms with Crippen LogP contribution in [0, 0.1) is 0 Å². The molecule has 0 N–H and O–H groups in total. The van der Waals surface area contributed by atoms with Crippen molar-refractivity contribution in [3.63, 3.8) is 0 Å². The van der Waals surface area contributed by atoms with Crippen molar-refractivity contribution in [1.29, 1.82) is 0 Å². The van der Waals surface area contributed by atoms with Crippen LogP contribution in [0.25, 0.3) is 0 Å². The molecule has 0 spiro atoms. The smallest absolute Gasteiger partial charge is 0.346 e. The highest BCUT2D eigenvalue weighted by Crippen LogP contribution is 2.42. The van der Waals surface area contributed by atoms with Gasteiger partial charge in [-0.1, -0.05) is 46.6 Å². The third-order valence-corrected chi connectivity index (χ3v) is 4.29. The van der Waals surface area contributed by atoms with Gasteiger partial charge in [0.2, 0.25) is 5.78 Å². The summed E-state index contributed by atoms with van der Waals surface area (Å²) in [7, 11) is 0. The van der Waals surface area contributed by atoms with Crippen LogP contribution in [-0.2, 0) is 14.3 Å². The molecule has 0 aromatic heterocycles. The predicted molar refractivity (Wildman–Crippen MR) is 82.7 cm³/mol. The van der Waals surface area contributed by atoms with E-state index in [2.05, 4.69) is 0 Å². The summed E-state index contributed by atoms with van der Waals surface area (Å²) in [6.45, 7) is 6.28. The molecule has 8 heteroatoms. The number of nitrogens with zero attached hydrogens (tertiary/aromatic N) is 1. The van der Waals surface area contributed by atoms with Crippen LogP contribution in [0.2, 0.25) is 0 Å². The molecular weight excluding hydrogens is 345 g/mol. The van der Waals surface area contributed by atoms with Crippen molar-refractivity contribution in [3.05, 3.63) is 21.7 Å². The first-order chi connectivity index (χ1) is 9.22. The van der Waals surface area contributed by atoms with Crippen molar-refractivity contribution in [2.24, 2.45) is 0 Å². The van der Waals surface area contributed by atoms with Gasteiger partial charge in [0, 0.05) is 18.3 Å². The molecule has 0 saturated heterocycles. The number of carbonyl (C=O) groups excluding carboxylic acids is 2. The quantitative estimate of drug-likeness (QED) is 0.436. The molecule has 0 bridgehead atoms. The number of hydrogen-bond donors (Lipinski definition) is 0. The molecule has 1 aliphatic heterocycles. The Morgan fingerprint density at radius 3 is 2.40 bits per heavy atom. The molecule has 0 saturated carbocycles. The molecule has 0 fully saturated rings. The minimum Gasteiger partial charge on any atom is -0.462 e. The summed E-state index contributed by atoms with van der Waals surface area (Å²) in [6.07, 6.45) is 1.23. The van der Waals surface area contributed by atoms with E-state index >= 15 is 0 Å². The monoisotopic (exact) mass is 357 g/mol. The molecule has 0 aromatic rings. The fourth-order valence-electron chi connectivity index (χ4n) is 1.60. The van der Waals surface area contributed by atoms with E-state index in [1.807, 2.05) is 6.92 Å². The van der Waals surface area contributed by atoms with E-state index in [1.54, 1.807) is 18.7 Å². The second-order valence-corrected chi connectivity index (χ2v) is 7.14. The normalized spacial score (nSPS) is 17.9. The third kappa shape index (κ3) is 4.07. The summed E-state index contributed by atoms with van der Waals surface area (Å²) in [5, 5.41) is 0.546. The Balaban J connectivity index is 3.03. The fourth-order valence-corrected chi connectivity index (χ4v) is 2.92. The molecule has 20 heavy (non-hydrogen) atoms. The van der Waals surface area contributed by atoms with Crippen LogP contribution in [0.5, 0.6) is 0 Å². The highest BCUT2D eigenvalue weighted by Gasteiger charge is 2.34. The summed E-state index contributed by atoms with van der Waals surface area (Å²) in [4.78, 5) is 25.8. The van der Waals surface area contributed by atoms with Crippen molar-refractivity contribution in [3.8, 4) is 0 Å². The molecule has 0 aromatic carbocycles. The van der Waals surface area contributed by atoms with Crippen LogP contribution in [0.15, 0.2) is 21.7 Å². The van der Waals surface area contributed by atoms with E-state index < -0.39 is 15.5 Å². The lowest BCUT2D eigenvalue weighted by atomic mass is 10.3. The number of allylic oxidation sites excluding steroid dienone is 2. The summed E-state index contributed by atoms with van der Waals surface area (Å²) in [6, 6.07) is 0. The molecule has 0 amide bonds. The lowest BCUT2D eigenvalue weighted by Crippen LogP contribution is -2.20. The van der Waals surface area contributed by atoms with Crippen LogP contribution in [0.4, 0.5) is 0 Å². The van der Waals surface area contributed by atoms with Gasteiger partial charge in [-0.05, 0) is 20.8 Å². The third-order valence-electron chi connectivity index (χ3n) is 2.52. The zero-order valence-corrected chi connectivity index (χ0v) is 14.3. The van der Waals surface area contributed by atoms with Gasteiger partial charge in [-0.2, -0.15) is 0 Å².